The number of esters is 1. The Morgan fingerprint density at radius 1 is 1.39 bits per heavy atom. The number of thiazole rings is 1. The molecule has 1 aromatic heterocycles. The monoisotopic (exact) mass is 586 g/mol. The molecule has 0 spiro atoms. The smallest absolute Gasteiger partial charge is 0.338 e. The lowest BCUT2D eigenvalue weighted by atomic mass is 9.94. The van der Waals surface area contributed by atoms with Crippen LogP contribution in [0.5, 0.6) is 0 Å². The summed E-state index contributed by atoms with van der Waals surface area (Å²) in [6, 6.07) is 1.74. The number of aliphatic imine (C=N–C) groups is 1. The SMILES string of the molecule is CCOC(=O)C1=C(CN2CC(F)(F)CC[C@@H]2C(=O)O)NC(c2nccs2)=NC1c1ccc(F)cc1Br. The quantitative estimate of drug-likeness (QED) is 0.470. The fourth-order valence-corrected chi connectivity index (χ4v) is 5.39. The lowest BCUT2D eigenvalue weighted by Crippen LogP contribution is -2.54. The zero-order valence-corrected chi connectivity index (χ0v) is 21.4. The Labute approximate surface area is 217 Å². The van der Waals surface area contributed by atoms with Crippen molar-refractivity contribution in [1.29, 1.82) is 0 Å². The van der Waals surface area contributed by atoms with Crippen LogP contribution in [0.4, 0.5) is 13.2 Å². The van der Waals surface area contributed by atoms with Crippen molar-refractivity contribution < 1.29 is 32.6 Å². The molecule has 2 atom stereocenters. The summed E-state index contributed by atoms with van der Waals surface area (Å²) in [7, 11) is 0. The fraction of sp³-hybridized carbons (Fsp3) is 0.391. The summed E-state index contributed by atoms with van der Waals surface area (Å²) in [5, 5.41) is 14.9. The van der Waals surface area contributed by atoms with Gasteiger partial charge in [-0.15, -0.1) is 11.3 Å². The molecule has 2 aliphatic rings. The summed E-state index contributed by atoms with van der Waals surface area (Å²) in [6.07, 6.45) is 0.766. The van der Waals surface area contributed by atoms with Gasteiger partial charge in [0.05, 0.1) is 18.7 Å². The number of ether oxygens (including phenoxy) is 1. The number of aromatic nitrogens is 1. The number of benzene rings is 1. The molecule has 1 unspecified atom stereocenters. The summed E-state index contributed by atoms with van der Waals surface area (Å²) in [6.45, 7) is 0.558. The van der Waals surface area contributed by atoms with Crippen LogP contribution in [0.2, 0.25) is 0 Å². The van der Waals surface area contributed by atoms with E-state index in [0.29, 0.717) is 15.0 Å². The Kier molecular flexibility index (Phi) is 7.81. The summed E-state index contributed by atoms with van der Waals surface area (Å²) >= 11 is 4.59. The van der Waals surface area contributed by atoms with Gasteiger partial charge in [-0.3, -0.25) is 14.7 Å². The number of carbonyl (C=O) groups is 2. The highest BCUT2D eigenvalue weighted by Gasteiger charge is 2.44. The molecule has 1 saturated heterocycles. The van der Waals surface area contributed by atoms with Crippen LogP contribution >= 0.6 is 27.3 Å². The number of amidine groups is 1. The number of carboxylic acid groups (broad SMARTS) is 1. The molecule has 192 valence electrons. The van der Waals surface area contributed by atoms with E-state index in [-0.39, 0.29) is 36.7 Å². The van der Waals surface area contributed by atoms with Gasteiger partial charge in [0.15, 0.2) is 10.8 Å². The predicted octanol–water partition coefficient (Wildman–Crippen LogP) is 4.14. The van der Waals surface area contributed by atoms with Crippen LogP contribution in [0.25, 0.3) is 0 Å². The van der Waals surface area contributed by atoms with Crippen LogP contribution in [-0.4, -0.2) is 64.4 Å². The van der Waals surface area contributed by atoms with Gasteiger partial charge in [-0.1, -0.05) is 22.0 Å². The second-order valence-electron chi connectivity index (χ2n) is 8.27. The molecule has 2 aromatic rings. The molecule has 0 bridgehead atoms. The van der Waals surface area contributed by atoms with Crippen LogP contribution < -0.4 is 5.32 Å². The van der Waals surface area contributed by atoms with Crippen LogP contribution in [0, 0.1) is 5.82 Å². The van der Waals surface area contributed by atoms with Crippen LogP contribution in [0.15, 0.2) is 50.5 Å². The summed E-state index contributed by atoms with van der Waals surface area (Å²) in [5.41, 5.74) is 0.618. The maximum atomic E-state index is 14.3. The van der Waals surface area contributed by atoms with Gasteiger partial charge in [0.25, 0.3) is 5.92 Å². The van der Waals surface area contributed by atoms with Gasteiger partial charge >= 0.3 is 11.9 Å². The van der Waals surface area contributed by atoms with Gasteiger partial charge < -0.3 is 15.2 Å². The molecule has 0 radical (unpaired) electrons. The Hall–Kier alpha value is -2.77. The van der Waals surface area contributed by atoms with Gasteiger partial charge in [0, 0.05) is 34.7 Å². The molecule has 1 fully saturated rings. The average Bonchev–Trinajstić information content (AvgIpc) is 3.33. The first kappa shape index (κ1) is 26.3. The van der Waals surface area contributed by atoms with Crippen LogP contribution in [0.1, 0.15) is 36.4 Å². The molecular weight excluding hydrogens is 565 g/mol. The minimum atomic E-state index is -3.09. The molecule has 0 amide bonds. The fourth-order valence-electron chi connectivity index (χ4n) is 4.23. The van der Waals surface area contributed by atoms with Crippen LogP contribution in [0.3, 0.4) is 0 Å². The number of piperidine rings is 1. The number of alkyl halides is 2. The van der Waals surface area contributed by atoms with Crippen molar-refractivity contribution in [3.8, 4) is 0 Å². The molecule has 13 heteroatoms. The minimum absolute atomic E-state index is 0.0162. The number of aliphatic carboxylic acids is 1. The maximum Gasteiger partial charge on any atom is 0.338 e. The number of nitrogens with zero attached hydrogens (tertiary/aromatic N) is 3. The second kappa shape index (κ2) is 10.7. The van der Waals surface area contributed by atoms with Crippen molar-refractivity contribution in [2.24, 2.45) is 4.99 Å². The molecule has 4 rings (SSSR count). The molecule has 2 N–H and O–H groups in total. The Balaban J connectivity index is 1.85. The van der Waals surface area contributed by atoms with Gasteiger partial charge in [-0.2, -0.15) is 0 Å². The van der Waals surface area contributed by atoms with Gasteiger partial charge in [0.1, 0.15) is 17.9 Å². The lowest BCUT2D eigenvalue weighted by molar-refractivity contribution is -0.151. The van der Waals surface area contributed by atoms with Crippen molar-refractivity contribution >= 4 is 45.0 Å². The maximum absolute atomic E-state index is 14.3. The number of carboxylic acids is 1. The highest BCUT2D eigenvalue weighted by molar-refractivity contribution is 9.10. The third kappa shape index (κ3) is 5.62. The van der Waals surface area contributed by atoms with E-state index in [1.54, 1.807) is 18.5 Å². The third-order valence-corrected chi connectivity index (χ3v) is 7.28. The van der Waals surface area contributed by atoms with Crippen molar-refractivity contribution in [2.45, 2.75) is 37.8 Å². The van der Waals surface area contributed by atoms with E-state index >= 15 is 0 Å². The highest BCUT2D eigenvalue weighted by Crippen LogP contribution is 2.38. The van der Waals surface area contributed by atoms with Crippen molar-refractivity contribution in [2.75, 3.05) is 19.7 Å². The third-order valence-electron chi connectivity index (χ3n) is 5.82. The number of carbonyl (C=O) groups excluding carboxylic acids is 1. The lowest BCUT2D eigenvalue weighted by Gasteiger charge is -2.39. The summed E-state index contributed by atoms with van der Waals surface area (Å²) < 4.78 is 48.1. The van der Waals surface area contributed by atoms with Gasteiger partial charge in [-0.25, -0.2) is 22.9 Å². The zero-order valence-electron chi connectivity index (χ0n) is 19.0. The molecule has 2 aliphatic heterocycles. The largest absolute Gasteiger partial charge is 0.480 e. The van der Waals surface area contributed by atoms with Gasteiger partial charge in [0.2, 0.25) is 0 Å². The van der Waals surface area contributed by atoms with Crippen LogP contribution in [-0.2, 0) is 14.3 Å². The Bertz CT molecular complexity index is 1220. The van der Waals surface area contributed by atoms with E-state index in [9.17, 15) is 27.9 Å². The number of halogens is 4. The van der Waals surface area contributed by atoms with E-state index < -0.39 is 48.7 Å². The molecule has 0 aliphatic carbocycles. The molecule has 1 aromatic carbocycles. The van der Waals surface area contributed by atoms with Crippen molar-refractivity contribution in [3.05, 3.63) is 61.9 Å². The number of hydrogen-bond donors (Lipinski definition) is 2. The van der Waals surface area contributed by atoms with E-state index in [0.717, 1.165) is 4.90 Å². The van der Waals surface area contributed by atoms with E-state index in [1.165, 1.54) is 29.5 Å². The zero-order chi connectivity index (χ0) is 26.0. The highest BCUT2D eigenvalue weighted by atomic mass is 79.9. The second-order valence-corrected chi connectivity index (χ2v) is 10.0. The first-order valence-electron chi connectivity index (χ1n) is 11.0. The first-order valence-corrected chi connectivity index (χ1v) is 12.7. The number of nitrogens with one attached hydrogen (secondary N) is 1. The Morgan fingerprint density at radius 3 is 2.81 bits per heavy atom. The standard InChI is InChI=1S/C23H22BrF3N4O4S/c1-2-35-22(34)17-15(10-31-11-23(26,27)6-5-16(31)21(32)33)29-19(20-28-7-8-36-20)30-18(17)13-4-3-12(25)9-14(13)24/h3-4,7-9,16,18H,2,5-6,10-11H2,1H3,(H,29,30)(H,32,33)/t16-,18?/m1/s1. The van der Waals surface area contributed by atoms with Crippen molar-refractivity contribution in [3.63, 3.8) is 0 Å². The Morgan fingerprint density at radius 2 is 2.17 bits per heavy atom. The molecular formula is C23H22BrF3N4O4S. The first-order chi connectivity index (χ1) is 17.1. The van der Waals surface area contributed by atoms with Gasteiger partial charge in [-0.05, 0) is 31.0 Å². The molecule has 3 heterocycles. The minimum Gasteiger partial charge on any atom is -0.480 e. The van der Waals surface area contributed by atoms with Crippen molar-refractivity contribution in [1.82, 2.24) is 15.2 Å². The van der Waals surface area contributed by atoms with E-state index in [1.807, 2.05) is 0 Å². The number of likely N-dealkylation sites (tertiary alicyclic amines) is 1. The van der Waals surface area contributed by atoms with E-state index in [4.69, 9.17) is 4.74 Å². The molecule has 36 heavy (non-hydrogen) atoms. The normalized spacial score (nSPS) is 22.1. The molecule has 8 nitrogen and oxygen atoms in total. The molecule has 0 saturated carbocycles. The summed E-state index contributed by atoms with van der Waals surface area (Å²) in [4.78, 5) is 35.1. The number of hydrogen-bond acceptors (Lipinski definition) is 8. The topological polar surface area (TPSA) is 104 Å². The average molecular weight is 587 g/mol. The summed E-state index contributed by atoms with van der Waals surface area (Å²) in [5.74, 6) is -5.31. The van der Waals surface area contributed by atoms with E-state index in [2.05, 4.69) is 31.2 Å². The predicted molar refractivity (Wildman–Crippen MR) is 129 cm³/mol. The number of rotatable bonds is 7.